The Labute approximate surface area is 123 Å². The zero-order valence-electron chi connectivity index (χ0n) is 12.2. The molecule has 0 aliphatic heterocycles. The molecule has 1 amide bonds. The monoisotopic (exact) mass is 302 g/mol. The quantitative estimate of drug-likeness (QED) is 0.661. The first-order chi connectivity index (χ1) is 9.49. The number of aromatic nitrogens is 1. The third kappa shape index (κ3) is 4.62. The van der Waals surface area contributed by atoms with Gasteiger partial charge in [-0.3, -0.25) is 4.79 Å². The van der Waals surface area contributed by atoms with Crippen LogP contribution in [0.5, 0.6) is 0 Å². The molecule has 20 heavy (non-hydrogen) atoms. The van der Waals surface area contributed by atoms with E-state index in [1.54, 1.807) is 14.2 Å². The molecule has 1 aromatic heterocycles. The highest BCUT2D eigenvalue weighted by atomic mass is 32.1. The molecule has 7 nitrogen and oxygen atoms in total. The lowest BCUT2D eigenvalue weighted by molar-refractivity contribution is 0.0366. The summed E-state index contributed by atoms with van der Waals surface area (Å²) in [6.07, 6.45) is -0.107. The molecule has 0 saturated carbocycles. The Bertz CT molecular complexity index is 436. The van der Waals surface area contributed by atoms with E-state index in [1.165, 1.54) is 0 Å². The third-order valence-corrected chi connectivity index (χ3v) is 3.36. The van der Waals surface area contributed by atoms with Gasteiger partial charge >= 0.3 is 0 Å². The van der Waals surface area contributed by atoms with Crippen LogP contribution in [0.2, 0.25) is 0 Å². The number of carbonyl (C=O) groups is 1. The van der Waals surface area contributed by atoms with E-state index in [1.807, 2.05) is 13.8 Å². The maximum Gasteiger partial charge on any atom is 0.258 e. The van der Waals surface area contributed by atoms with E-state index in [9.17, 15) is 4.79 Å². The van der Waals surface area contributed by atoms with E-state index >= 15 is 0 Å². The lowest BCUT2D eigenvalue weighted by atomic mass is 10.2. The van der Waals surface area contributed by atoms with E-state index in [4.69, 9.17) is 15.2 Å². The molecule has 0 radical (unpaired) electrons. The van der Waals surface area contributed by atoms with Crippen LogP contribution in [0, 0.1) is 0 Å². The molecule has 0 bridgehead atoms. The second-order valence-electron chi connectivity index (χ2n) is 4.59. The second kappa shape index (κ2) is 8.03. The van der Waals surface area contributed by atoms with E-state index in [0.29, 0.717) is 23.7 Å². The number of ether oxygens (including phenoxy) is 2. The molecule has 0 spiro atoms. The zero-order chi connectivity index (χ0) is 15.1. The average Bonchev–Trinajstić information content (AvgIpc) is 2.75. The number of rotatable bonds is 8. The van der Waals surface area contributed by atoms with E-state index in [2.05, 4.69) is 15.0 Å². The van der Waals surface area contributed by atoms with Gasteiger partial charge in [0.1, 0.15) is 10.6 Å². The van der Waals surface area contributed by atoms with Gasteiger partial charge in [0.05, 0.1) is 12.7 Å². The number of nitrogen functional groups attached to an aromatic ring is 1. The minimum absolute atomic E-state index is 0.0369. The number of hydrogen-bond acceptors (Lipinski definition) is 7. The summed E-state index contributed by atoms with van der Waals surface area (Å²) in [7, 11) is 3.22. The molecule has 0 saturated heterocycles. The van der Waals surface area contributed by atoms with Crippen molar-refractivity contribution < 1.29 is 14.3 Å². The maximum absolute atomic E-state index is 12.1. The van der Waals surface area contributed by atoms with Crippen LogP contribution in [0.25, 0.3) is 0 Å². The Morgan fingerprint density at radius 3 is 2.70 bits per heavy atom. The Morgan fingerprint density at radius 1 is 1.45 bits per heavy atom. The van der Waals surface area contributed by atoms with Gasteiger partial charge in [0.15, 0.2) is 5.82 Å². The fourth-order valence-electron chi connectivity index (χ4n) is 1.58. The molecule has 0 fully saturated rings. The number of hydrogen-bond donors (Lipinski definition) is 3. The van der Waals surface area contributed by atoms with Gasteiger partial charge in [0.2, 0.25) is 0 Å². The standard InChI is InChI=1S/C12H22N4O3S/c1-7(2)15-11(17)9-10(13)16-20-12(9)14-5-8(19-4)6-18-3/h7-8,14H,5-6H2,1-4H3,(H2,13,16)(H,15,17). The van der Waals surface area contributed by atoms with E-state index in [-0.39, 0.29) is 23.9 Å². The van der Waals surface area contributed by atoms with E-state index < -0.39 is 0 Å². The summed E-state index contributed by atoms with van der Waals surface area (Å²) in [5, 5.41) is 6.58. The van der Waals surface area contributed by atoms with Crippen molar-refractivity contribution in [1.29, 1.82) is 0 Å². The zero-order valence-corrected chi connectivity index (χ0v) is 13.0. The van der Waals surface area contributed by atoms with Gasteiger partial charge in [-0.15, -0.1) is 0 Å². The number of methoxy groups -OCH3 is 2. The van der Waals surface area contributed by atoms with Crippen molar-refractivity contribution in [3.8, 4) is 0 Å². The van der Waals surface area contributed by atoms with Crippen LogP contribution in [0.4, 0.5) is 10.8 Å². The summed E-state index contributed by atoms with van der Waals surface area (Å²) < 4.78 is 14.3. The molecule has 1 unspecified atom stereocenters. The summed E-state index contributed by atoms with van der Waals surface area (Å²) >= 11 is 1.16. The van der Waals surface area contributed by atoms with Crippen LogP contribution < -0.4 is 16.4 Å². The van der Waals surface area contributed by atoms with Crippen LogP contribution in [0.3, 0.4) is 0 Å². The maximum atomic E-state index is 12.1. The molecule has 1 rings (SSSR count). The smallest absolute Gasteiger partial charge is 0.258 e. The minimum atomic E-state index is -0.227. The summed E-state index contributed by atoms with van der Waals surface area (Å²) in [5.74, 6) is 0.00539. The van der Waals surface area contributed by atoms with Gasteiger partial charge in [-0.25, -0.2) is 0 Å². The van der Waals surface area contributed by atoms with Crippen LogP contribution in [0.1, 0.15) is 24.2 Å². The van der Waals surface area contributed by atoms with Crippen LogP contribution in [0.15, 0.2) is 0 Å². The van der Waals surface area contributed by atoms with Crippen molar-refractivity contribution >= 4 is 28.3 Å². The normalized spacial score (nSPS) is 12.4. The number of nitrogens with one attached hydrogen (secondary N) is 2. The third-order valence-electron chi connectivity index (χ3n) is 2.54. The summed E-state index contributed by atoms with van der Waals surface area (Å²) in [6.45, 7) is 4.75. The van der Waals surface area contributed by atoms with Gasteiger partial charge in [0, 0.05) is 26.8 Å². The van der Waals surface area contributed by atoms with Gasteiger partial charge in [-0.05, 0) is 25.4 Å². The highest BCUT2D eigenvalue weighted by Gasteiger charge is 2.20. The molecule has 1 aromatic rings. The average molecular weight is 302 g/mol. The summed E-state index contributed by atoms with van der Waals surface area (Å²) in [6, 6.07) is 0.0369. The summed E-state index contributed by atoms with van der Waals surface area (Å²) in [5.41, 5.74) is 6.14. The van der Waals surface area contributed by atoms with Gasteiger partial charge in [-0.1, -0.05) is 0 Å². The molecule has 0 aliphatic carbocycles. The summed E-state index contributed by atoms with van der Waals surface area (Å²) in [4.78, 5) is 12.1. The molecule has 8 heteroatoms. The van der Waals surface area contributed by atoms with Crippen LogP contribution in [-0.4, -0.2) is 49.8 Å². The lowest BCUT2D eigenvalue weighted by Crippen LogP contribution is -2.31. The Morgan fingerprint density at radius 2 is 2.15 bits per heavy atom. The van der Waals surface area contributed by atoms with Crippen LogP contribution in [-0.2, 0) is 9.47 Å². The Kier molecular flexibility index (Phi) is 6.69. The molecule has 114 valence electrons. The molecule has 0 aromatic carbocycles. The van der Waals surface area contributed by atoms with Crippen molar-refractivity contribution in [3.05, 3.63) is 5.56 Å². The van der Waals surface area contributed by atoms with Crippen LogP contribution >= 0.6 is 11.5 Å². The number of anilines is 2. The molecular weight excluding hydrogens is 280 g/mol. The second-order valence-corrected chi connectivity index (χ2v) is 5.37. The predicted octanol–water partition coefficient (Wildman–Crippen LogP) is 0.937. The van der Waals surface area contributed by atoms with E-state index in [0.717, 1.165) is 11.5 Å². The predicted molar refractivity (Wildman–Crippen MR) is 80.3 cm³/mol. The van der Waals surface area contributed by atoms with Crippen molar-refractivity contribution in [2.75, 3.05) is 38.4 Å². The largest absolute Gasteiger partial charge is 0.382 e. The first-order valence-electron chi connectivity index (χ1n) is 6.31. The Balaban J connectivity index is 2.73. The van der Waals surface area contributed by atoms with Crippen molar-refractivity contribution in [1.82, 2.24) is 9.69 Å². The number of carbonyl (C=O) groups excluding carboxylic acids is 1. The highest BCUT2D eigenvalue weighted by molar-refractivity contribution is 7.11. The SMILES string of the molecule is COCC(CNc1snc(N)c1C(=O)NC(C)C)OC. The molecule has 4 N–H and O–H groups in total. The number of amides is 1. The van der Waals surface area contributed by atoms with Crippen molar-refractivity contribution in [2.24, 2.45) is 0 Å². The Hall–Kier alpha value is -1.38. The minimum Gasteiger partial charge on any atom is -0.382 e. The molecule has 1 atom stereocenters. The first-order valence-corrected chi connectivity index (χ1v) is 7.08. The lowest BCUT2D eigenvalue weighted by Gasteiger charge is -2.15. The van der Waals surface area contributed by atoms with Gasteiger partial charge in [0.25, 0.3) is 5.91 Å². The fourth-order valence-corrected chi connectivity index (χ4v) is 2.30. The highest BCUT2D eigenvalue weighted by Crippen LogP contribution is 2.26. The fraction of sp³-hybridized carbons (Fsp3) is 0.667. The number of nitrogens with zero attached hydrogens (tertiary/aromatic N) is 1. The van der Waals surface area contributed by atoms with Gasteiger partial charge in [-0.2, -0.15) is 4.37 Å². The van der Waals surface area contributed by atoms with Crippen molar-refractivity contribution in [3.63, 3.8) is 0 Å². The molecular formula is C12H22N4O3S. The van der Waals surface area contributed by atoms with Crippen molar-refractivity contribution in [2.45, 2.75) is 26.0 Å². The first kappa shape index (κ1) is 16.7. The number of nitrogens with two attached hydrogens (primary N) is 1. The topological polar surface area (TPSA) is 98.5 Å². The van der Waals surface area contributed by atoms with Gasteiger partial charge < -0.3 is 25.8 Å². The molecule has 0 aliphatic rings. The molecule has 1 heterocycles.